The Bertz CT molecular complexity index is 421. The molecule has 1 saturated carbocycles. The van der Waals surface area contributed by atoms with Crippen LogP contribution in [0.1, 0.15) is 45.8 Å². The first-order chi connectivity index (χ1) is 8.24. The topological polar surface area (TPSA) is 29.1 Å². The molecule has 0 aliphatic heterocycles. The Labute approximate surface area is 114 Å². The molecule has 0 radical (unpaired) electrons. The van der Waals surface area contributed by atoms with E-state index in [1.54, 1.807) is 11.3 Å². The molecular weight excluding hydrogens is 298 g/mol. The number of nitrogens with one attached hydrogen (secondary N) is 1. The fraction of sp³-hybridized carbons (Fsp3) is 0.615. The van der Waals surface area contributed by atoms with Gasteiger partial charge in [-0.2, -0.15) is 0 Å². The molecule has 0 aromatic carbocycles. The van der Waals surface area contributed by atoms with E-state index in [1.165, 1.54) is 29.7 Å². The molecule has 1 aromatic rings. The minimum atomic E-state index is 0.126. The molecule has 1 N–H and O–H groups in total. The van der Waals surface area contributed by atoms with Gasteiger partial charge < -0.3 is 5.32 Å². The summed E-state index contributed by atoms with van der Waals surface area (Å²) in [6.07, 6.45) is 7.07. The van der Waals surface area contributed by atoms with E-state index in [0.29, 0.717) is 10.9 Å². The SMILES string of the molecule is O=C(NC1CCCC1Br)c1cc2c(s1)CCC2. The normalized spacial score (nSPS) is 27.1. The molecule has 1 amide bonds. The van der Waals surface area contributed by atoms with Gasteiger partial charge in [-0.1, -0.05) is 22.4 Å². The van der Waals surface area contributed by atoms with Crippen LogP contribution in [0.15, 0.2) is 6.07 Å². The van der Waals surface area contributed by atoms with Gasteiger partial charge in [0.25, 0.3) is 5.91 Å². The lowest BCUT2D eigenvalue weighted by Crippen LogP contribution is -2.37. The summed E-state index contributed by atoms with van der Waals surface area (Å²) in [5.74, 6) is 0.126. The standard InChI is InChI=1S/C13H16BrNOS/c14-9-4-2-5-10(9)15-13(16)12-7-8-3-1-6-11(8)17-12/h7,9-10H,1-6H2,(H,15,16). The maximum Gasteiger partial charge on any atom is 0.261 e. The molecular formula is C13H16BrNOS. The lowest BCUT2D eigenvalue weighted by molar-refractivity contribution is 0.0943. The van der Waals surface area contributed by atoms with Crippen LogP contribution in [0.3, 0.4) is 0 Å². The summed E-state index contributed by atoms with van der Waals surface area (Å²) >= 11 is 5.33. The third-order valence-corrected chi connectivity index (χ3v) is 6.05. The molecule has 17 heavy (non-hydrogen) atoms. The maximum absolute atomic E-state index is 12.1. The van der Waals surface area contributed by atoms with E-state index >= 15 is 0 Å². The first kappa shape index (κ1) is 11.7. The van der Waals surface area contributed by atoms with Crippen LogP contribution in [0.25, 0.3) is 0 Å². The van der Waals surface area contributed by atoms with Crippen molar-refractivity contribution >= 4 is 33.2 Å². The molecule has 1 fully saturated rings. The highest BCUT2D eigenvalue weighted by molar-refractivity contribution is 9.09. The first-order valence-corrected chi connectivity index (χ1v) is 8.04. The monoisotopic (exact) mass is 313 g/mol. The Kier molecular flexibility index (Phi) is 3.26. The number of amides is 1. The minimum absolute atomic E-state index is 0.126. The van der Waals surface area contributed by atoms with Gasteiger partial charge in [0.2, 0.25) is 0 Å². The van der Waals surface area contributed by atoms with Crippen LogP contribution in [-0.4, -0.2) is 16.8 Å². The van der Waals surface area contributed by atoms with Crippen LogP contribution in [0.5, 0.6) is 0 Å². The lowest BCUT2D eigenvalue weighted by atomic mass is 10.2. The Morgan fingerprint density at radius 3 is 2.94 bits per heavy atom. The summed E-state index contributed by atoms with van der Waals surface area (Å²) in [5, 5.41) is 3.16. The average molecular weight is 314 g/mol. The molecule has 2 atom stereocenters. The van der Waals surface area contributed by atoms with Crippen molar-refractivity contribution in [2.24, 2.45) is 0 Å². The molecule has 0 bridgehead atoms. The van der Waals surface area contributed by atoms with Gasteiger partial charge in [-0.05, 0) is 43.7 Å². The van der Waals surface area contributed by atoms with Crippen molar-refractivity contribution < 1.29 is 4.79 Å². The van der Waals surface area contributed by atoms with Crippen molar-refractivity contribution in [2.45, 2.75) is 49.4 Å². The van der Waals surface area contributed by atoms with Crippen molar-refractivity contribution in [2.75, 3.05) is 0 Å². The number of hydrogen-bond donors (Lipinski definition) is 1. The fourth-order valence-corrected chi connectivity index (χ4v) is 4.63. The van der Waals surface area contributed by atoms with Crippen LogP contribution in [0.4, 0.5) is 0 Å². The third kappa shape index (κ3) is 2.29. The van der Waals surface area contributed by atoms with Crippen LogP contribution in [0, 0.1) is 0 Å². The number of halogens is 1. The number of aryl methyl sites for hydroxylation is 2. The van der Waals surface area contributed by atoms with Crippen molar-refractivity contribution in [3.63, 3.8) is 0 Å². The summed E-state index contributed by atoms with van der Waals surface area (Å²) < 4.78 is 0. The summed E-state index contributed by atoms with van der Waals surface area (Å²) in [7, 11) is 0. The second-order valence-corrected chi connectivity index (χ2v) is 7.25. The highest BCUT2D eigenvalue weighted by atomic mass is 79.9. The molecule has 3 rings (SSSR count). The van der Waals surface area contributed by atoms with Crippen LogP contribution in [0.2, 0.25) is 0 Å². The molecule has 2 nitrogen and oxygen atoms in total. The fourth-order valence-electron chi connectivity index (χ4n) is 2.76. The van der Waals surface area contributed by atoms with E-state index in [-0.39, 0.29) is 5.91 Å². The number of alkyl halides is 1. The van der Waals surface area contributed by atoms with Gasteiger partial charge in [0.15, 0.2) is 0 Å². The summed E-state index contributed by atoms with van der Waals surface area (Å²) in [5.41, 5.74) is 1.40. The van der Waals surface area contributed by atoms with E-state index in [2.05, 4.69) is 27.3 Å². The van der Waals surface area contributed by atoms with Crippen molar-refractivity contribution in [1.82, 2.24) is 5.32 Å². The highest BCUT2D eigenvalue weighted by Crippen LogP contribution is 2.31. The van der Waals surface area contributed by atoms with Gasteiger partial charge in [-0.3, -0.25) is 4.79 Å². The second-order valence-electron chi connectivity index (χ2n) is 4.94. The molecule has 0 saturated heterocycles. The van der Waals surface area contributed by atoms with Crippen LogP contribution < -0.4 is 5.32 Å². The third-order valence-electron chi connectivity index (χ3n) is 3.72. The number of fused-ring (bicyclic) bond motifs is 1. The predicted molar refractivity (Wildman–Crippen MR) is 74.2 cm³/mol. The molecule has 2 unspecified atom stereocenters. The highest BCUT2D eigenvalue weighted by Gasteiger charge is 2.27. The molecule has 1 heterocycles. The van der Waals surface area contributed by atoms with Crippen LogP contribution in [-0.2, 0) is 12.8 Å². The van der Waals surface area contributed by atoms with Gasteiger partial charge in [-0.25, -0.2) is 0 Å². The molecule has 1 aromatic heterocycles. The van der Waals surface area contributed by atoms with E-state index in [9.17, 15) is 4.79 Å². The smallest absolute Gasteiger partial charge is 0.261 e. The molecule has 92 valence electrons. The number of carbonyl (C=O) groups is 1. The van der Waals surface area contributed by atoms with Gasteiger partial charge in [-0.15, -0.1) is 11.3 Å². The van der Waals surface area contributed by atoms with E-state index in [4.69, 9.17) is 0 Å². The Morgan fingerprint density at radius 1 is 1.35 bits per heavy atom. The van der Waals surface area contributed by atoms with Crippen molar-refractivity contribution in [1.29, 1.82) is 0 Å². The number of hydrogen-bond acceptors (Lipinski definition) is 2. The van der Waals surface area contributed by atoms with Crippen molar-refractivity contribution in [3.05, 3.63) is 21.4 Å². The van der Waals surface area contributed by atoms with Gasteiger partial charge in [0, 0.05) is 15.7 Å². The summed E-state index contributed by atoms with van der Waals surface area (Å²) in [6, 6.07) is 2.42. The largest absolute Gasteiger partial charge is 0.347 e. The predicted octanol–water partition coefficient (Wildman–Crippen LogP) is 3.28. The zero-order chi connectivity index (χ0) is 11.8. The zero-order valence-corrected chi connectivity index (χ0v) is 12.1. The average Bonchev–Trinajstić information content (AvgIpc) is 2.93. The number of thiophene rings is 1. The second kappa shape index (κ2) is 4.73. The van der Waals surface area contributed by atoms with Gasteiger partial charge >= 0.3 is 0 Å². The quantitative estimate of drug-likeness (QED) is 0.834. The number of rotatable bonds is 2. The Balaban J connectivity index is 1.69. The number of carbonyl (C=O) groups excluding carboxylic acids is 1. The molecule has 0 spiro atoms. The Morgan fingerprint density at radius 2 is 2.24 bits per heavy atom. The first-order valence-electron chi connectivity index (χ1n) is 6.30. The maximum atomic E-state index is 12.1. The van der Waals surface area contributed by atoms with E-state index in [0.717, 1.165) is 24.1 Å². The lowest BCUT2D eigenvalue weighted by Gasteiger charge is -2.15. The zero-order valence-electron chi connectivity index (χ0n) is 9.67. The van der Waals surface area contributed by atoms with Gasteiger partial charge in [0.1, 0.15) is 0 Å². The summed E-state index contributed by atoms with van der Waals surface area (Å²) in [6.45, 7) is 0. The Hall–Kier alpha value is -0.350. The molecule has 2 aliphatic carbocycles. The molecule has 4 heteroatoms. The van der Waals surface area contributed by atoms with Crippen molar-refractivity contribution in [3.8, 4) is 0 Å². The minimum Gasteiger partial charge on any atom is -0.347 e. The van der Waals surface area contributed by atoms with Gasteiger partial charge in [0.05, 0.1) is 4.88 Å². The van der Waals surface area contributed by atoms with Crippen LogP contribution >= 0.6 is 27.3 Å². The van der Waals surface area contributed by atoms with E-state index in [1.807, 2.05) is 0 Å². The summed E-state index contributed by atoms with van der Waals surface area (Å²) in [4.78, 5) is 14.9. The van der Waals surface area contributed by atoms with E-state index < -0.39 is 0 Å². The molecule has 2 aliphatic rings.